The molecule has 0 saturated carbocycles. The Morgan fingerprint density at radius 2 is 1.81 bits per heavy atom. The van der Waals surface area contributed by atoms with E-state index in [0.29, 0.717) is 37.8 Å². The first-order valence-corrected chi connectivity index (χ1v) is 14.7. The zero-order valence-electron chi connectivity index (χ0n) is 20.6. The van der Waals surface area contributed by atoms with Crippen LogP contribution < -0.4 is 0 Å². The molecular weight excluding hydrogens is 418 g/mol. The minimum absolute atomic E-state index is 0.258. The molecule has 2 rings (SSSR count). The van der Waals surface area contributed by atoms with Crippen molar-refractivity contribution >= 4 is 20.0 Å². The predicted octanol–water partition coefficient (Wildman–Crippen LogP) is 5.08. The first-order chi connectivity index (χ1) is 14.9. The summed E-state index contributed by atoms with van der Waals surface area (Å²) in [6.07, 6.45) is 2.33. The van der Waals surface area contributed by atoms with Crippen molar-refractivity contribution in [2.24, 2.45) is 0 Å². The van der Waals surface area contributed by atoms with E-state index in [9.17, 15) is 9.59 Å². The van der Waals surface area contributed by atoms with E-state index in [4.69, 9.17) is 9.47 Å². The van der Waals surface area contributed by atoms with Gasteiger partial charge in [0.1, 0.15) is 19.7 Å². The molecule has 0 spiro atoms. The number of likely N-dealkylation sites (tertiary alicyclic amines) is 1. The van der Waals surface area contributed by atoms with Crippen molar-refractivity contribution < 1.29 is 19.1 Å². The maximum Gasteiger partial charge on any atom is 0.335 e. The molecule has 32 heavy (non-hydrogen) atoms. The number of nitrogens with zero attached hydrogens (tertiary/aromatic N) is 1. The highest BCUT2D eigenvalue weighted by molar-refractivity contribution is 6.83. The summed E-state index contributed by atoms with van der Waals surface area (Å²) in [6, 6.07) is 9.54. The van der Waals surface area contributed by atoms with Gasteiger partial charge in [0.2, 0.25) is 0 Å². The summed E-state index contributed by atoms with van der Waals surface area (Å²) >= 11 is 0. The number of carbonyl (C=O) groups excluding carboxylic acids is 2. The third-order valence-corrected chi connectivity index (χ3v) is 5.92. The minimum atomic E-state index is -1.47. The fourth-order valence-electron chi connectivity index (χ4n) is 3.69. The SMILES string of the molecule is COC(=O)/C(CCC#C[Si](C)(C)C)=C1/CC[C@@H](C(=O)OC(C)(C)C)N1Cc1ccccc1. The minimum Gasteiger partial charge on any atom is -0.466 e. The summed E-state index contributed by atoms with van der Waals surface area (Å²) in [7, 11) is -0.0732. The molecule has 5 nitrogen and oxygen atoms in total. The van der Waals surface area contributed by atoms with Gasteiger partial charge in [-0.05, 0) is 45.6 Å². The Balaban J connectivity index is 2.41. The first-order valence-electron chi connectivity index (χ1n) is 11.2. The van der Waals surface area contributed by atoms with Crippen LogP contribution in [0.2, 0.25) is 19.6 Å². The number of hydrogen-bond donors (Lipinski definition) is 0. The molecule has 0 aromatic heterocycles. The van der Waals surface area contributed by atoms with Gasteiger partial charge in [0.05, 0.1) is 12.7 Å². The lowest BCUT2D eigenvalue weighted by Crippen LogP contribution is -2.40. The molecule has 0 aliphatic carbocycles. The second kappa shape index (κ2) is 10.9. The zero-order valence-corrected chi connectivity index (χ0v) is 21.6. The number of esters is 2. The highest BCUT2D eigenvalue weighted by atomic mass is 28.3. The van der Waals surface area contributed by atoms with Gasteiger partial charge in [-0.2, -0.15) is 0 Å². The van der Waals surface area contributed by atoms with Gasteiger partial charge >= 0.3 is 11.9 Å². The van der Waals surface area contributed by atoms with Crippen molar-refractivity contribution in [1.29, 1.82) is 0 Å². The number of hydrogen-bond acceptors (Lipinski definition) is 5. The molecule has 174 valence electrons. The molecule has 0 unspecified atom stereocenters. The molecule has 1 aliphatic heterocycles. The third-order valence-electron chi connectivity index (χ3n) is 5.00. The lowest BCUT2D eigenvalue weighted by Gasteiger charge is -2.30. The van der Waals surface area contributed by atoms with Crippen LogP contribution >= 0.6 is 0 Å². The molecule has 0 bridgehead atoms. The van der Waals surface area contributed by atoms with Crippen LogP contribution in [0.5, 0.6) is 0 Å². The van der Waals surface area contributed by atoms with E-state index in [1.165, 1.54) is 7.11 Å². The first kappa shape index (κ1) is 25.7. The lowest BCUT2D eigenvalue weighted by molar-refractivity contribution is -0.160. The second-order valence-electron chi connectivity index (χ2n) is 10.2. The van der Waals surface area contributed by atoms with Crippen LogP contribution in [0.1, 0.15) is 52.0 Å². The molecule has 0 N–H and O–H groups in total. The quantitative estimate of drug-likeness (QED) is 0.259. The van der Waals surface area contributed by atoms with Gasteiger partial charge in [-0.25, -0.2) is 9.59 Å². The standard InChI is InChI=1S/C26H37NO4Si/c1-26(2,3)31-25(29)23-17-16-22(27(23)19-20-13-9-8-10-14-20)21(24(28)30-4)15-11-12-18-32(5,6)7/h8-10,13-14,23H,11,15-17,19H2,1-7H3/b22-21-/t23-/m0/s1. The largest absolute Gasteiger partial charge is 0.466 e. The van der Waals surface area contributed by atoms with Crippen molar-refractivity contribution in [1.82, 2.24) is 4.90 Å². The highest BCUT2D eigenvalue weighted by Gasteiger charge is 2.38. The van der Waals surface area contributed by atoms with Crippen molar-refractivity contribution in [2.45, 2.75) is 84.3 Å². The highest BCUT2D eigenvalue weighted by Crippen LogP contribution is 2.34. The Bertz CT molecular complexity index is 898. The zero-order chi connectivity index (χ0) is 23.9. The van der Waals surface area contributed by atoms with Crippen LogP contribution in [0.25, 0.3) is 0 Å². The number of benzene rings is 1. The Morgan fingerprint density at radius 1 is 1.16 bits per heavy atom. The summed E-state index contributed by atoms with van der Waals surface area (Å²) in [5.41, 5.74) is 5.34. The van der Waals surface area contributed by atoms with E-state index in [1.54, 1.807) is 0 Å². The van der Waals surface area contributed by atoms with Gasteiger partial charge in [-0.15, -0.1) is 11.5 Å². The van der Waals surface area contributed by atoms with E-state index in [2.05, 4.69) is 31.1 Å². The molecule has 1 aromatic rings. The average Bonchev–Trinajstić information content (AvgIpc) is 3.09. The Kier molecular flexibility index (Phi) is 8.74. The molecule has 1 atom stereocenters. The number of rotatable bonds is 6. The molecule has 1 aromatic carbocycles. The van der Waals surface area contributed by atoms with Gasteiger partial charge in [-0.1, -0.05) is 50.0 Å². The van der Waals surface area contributed by atoms with Crippen LogP contribution in [-0.4, -0.2) is 43.7 Å². The number of ether oxygens (including phenoxy) is 2. The van der Waals surface area contributed by atoms with E-state index >= 15 is 0 Å². The van der Waals surface area contributed by atoms with E-state index < -0.39 is 19.7 Å². The van der Waals surface area contributed by atoms with Gasteiger partial charge in [-0.3, -0.25) is 0 Å². The number of carbonyl (C=O) groups is 2. The smallest absolute Gasteiger partial charge is 0.335 e. The summed E-state index contributed by atoms with van der Waals surface area (Å²) in [5.74, 6) is 2.64. The number of methoxy groups -OCH3 is 1. The molecule has 0 radical (unpaired) electrons. The van der Waals surface area contributed by atoms with Gasteiger partial charge in [0.15, 0.2) is 0 Å². The Labute approximate surface area is 194 Å². The van der Waals surface area contributed by atoms with Crippen molar-refractivity contribution in [2.75, 3.05) is 7.11 Å². The summed E-state index contributed by atoms with van der Waals surface area (Å²) in [6.45, 7) is 12.7. The van der Waals surface area contributed by atoms with Crippen molar-refractivity contribution in [3.63, 3.8) is 0 Å². The Morgan fingerprint density at radius 3 is 2.38 bits per heavy atom. The average molecular weight is 456 g/mol. The fraction of sp³-hybridized carbons (Fsp3) is 0.538. The van der Waals surface area contributed by atoms with Crippen LogP contribution in [0.15, 0.2) is 41.6 Å². The third kappa shape index (κ3) is 7.87. The maximum absolute atomic E-state index is 13.0. The number of allylic oxidation sites excluding steroid dienone is 1. The van der Waals surface area contributed by atoms with Crippen LogP contribution in [-0.2, 0) is 25.6 Å². The summed E-state index contributed by atoms with van der Waals surface area (Å²) in [5, 5.41) is 0. The van der Waals surface area contributed by atoms with Crippen molar-refractivity contribution in [3.05, 3.63) is 47.2 Å². The lowest BCUT2D eigenvalue weighted by atomic mass is 10.1. The second-order valence-corrected chi connectivity index (χ2v) is 14.9. The maximum atomic E-state index is 13.0. The fourth-order valence-corrected chi connectivity index (χ4v) is 4.34. The van der Waals surface area contributed by atoms with E-state index in [-0.39, 0.29) is 11.9 Å². The predicted molar refractivity (Wildman–Crippen MR) is 130 cm³/mol. The molecular formula is C26H37NO4Si. The van der Waals surface area contributed by atoms with E-state index in [0.717, 1.165) is 11.3 Å². The van der Waals surface area contributed by atoms with Crippen LogP contribution in [0.3, 0.4) is 0 Å². The monoisotopic (exact) mass is 455 g/mol. The topological polar surface area (TPSA) is 55.8 Å². The molecule has 6 heteroatoms. The molecule has 1 heterocycles. The van der Waals surface area contributed by atoms with Gasteiger partial charge in [0.25, 0.3) is 0 Å². The normalized spacial score (nSPS) is 18.0. The van der Waals surface area contributed by atoms with Crippen LogP contribution in [0.4, 0.5) is 0 Å². The summed E-state index contributed by atoms with van der Waals surface area (Å²) in [4.78, 5) is 27.8. The molecule has 1 saturated heterocycles. The molecule has 1 fully saturated rings. The molecule has 1 aliphatic rings. The molecule has 0 amide bonds. The van der Waals surface area contributed by atoms with Crippen molar-refractivity contribution in [3.8, 4) is 11.5 Å². The summed E-state index contributed by atoms with van der Waals surface area (Å²) < 4.78 is 10.8. The Hall–Kier alpha value is -2.52. The van der Waals surface area contributed by atoms with Gasteiger partial charge in [0, 0.05) is 18.7 Å². The van der Waals surface area contributed by atoms with Crippen LogP contribution in [0, 0.1) is 11.5 Å². The van der Waals surface area contributed by atoms with E-state index in [1.807, 2.05) is 56.0 Å². The van der Waals surface area contributed by atoms with Gasteiger partial charge < -0.3 is 14.4 Å².